The minimum atomic E-state index is -0.894. The van der Waals surface area contributed by atoms with E-state index in [1.54, 1.807) is 0 Å². The standard InChI is InChI=1S/C21H24N2O4/c22-11-9-14(20(24)25)10-12-23-21(26)27-13-19-17-7-3-1-5-15(17)16-6-2-4-8-18(16)19/h1-8,14,19H,9-13,22H2,(H,23,26)(H,24,25). The molecule has 142 valence electrons. The van der Waals surface area contributed by atoms with Crippen LogP contribution in [-0.2, 0) is 9.53 Å². The highest BCUT2D eigenvalue weighted by molar-refractivity contribution is 5.79. The normalized spacial score (nSPS) is 13.5. The number of nitrogens with two attached hydrogens (primary N) is 1. The van der Waals surface area contributed by atoms with Crippen LogP contribution in [-0.4, -0.2) is 36.9 Å². The third-order valence-electron chi connectivity index (χ3n) is 4.97. The Balaban J connectivity index is 1.56. The first-order valence-electron chi connectivity index (χ1n) is 9.13. The Labute approximate surface area is 158 Å². The number of amides is 1. The number of carbonyl (C=O) groups excluding carboxylic acids is 1. The molecule has 0 saturated heterocycles. The van der Waals surface area contributed by atoms with E-state index in [9.17, 15) is 9.59 Å². The van der Waals surface area contributed by atoms with Crippen molar-refractivity contribution in [2.45, 2.75) is 18.8 Å². The number of carboxylic acid groups (broad SMARTS) is 1. The summed E-state index contributed by atoms with van der Waals surface area (Å²) in [4.78, 5) is 23.1. The van der Waals surface area contributed by atoms with Gasteiger partial charge in [-0.1, -0.05) is 48.5 Å². The molecule has 6 nitrogen and oxygen atoms in total. The fraction of sp³-hybridized carbons (Fsp3) is 0.333. The number of carboxylic acids is 1. The first kappa shape index (κ1) is 18.9. The van der Waals surface area contributed by atoms with Crippen LogP contribution in [0.2, 0.25) is 0 Å². The first-order chi connectivity index (χ1) is 13.1. The van der Waals surface area contributed by atoms with Crippen molar-refractivity contribution in [3.8, 4) is 11.1 Å². The van der Waals surface area contributed by atoms with Gasteiger partial charge in [-0.2, -0.15) is 0 Å². The zero-order valence-corrected chi connectivity index (χ0v) is 15.1. The van der Waals surface area contributed by atoms with Gasteiger partial charge in [-0.05, 0) is 41.6 Å². The summed E-state index contributed by atoms with van der Waals surface area (Å²) in [5, 5.41) is 11.7. The maximum Gasteiger partial charge on any atom is 0.407 e. The number of nitrogens with one attached hydrogen (secondary N) is 1. The summed E-state index contributed by atoms with van der Waals surface area (Å²) in [6.45, 7) is 0.792. The van der Waals surface area contributed by atoms with Gasteiger partial charge in [0, 0.05) is 12.5 Å². The summed E-state index contributed by atoms with van der Waals surface area (Å²) in [5.41, 5.74) is 10.1. The van der Waals surface area contributed by atoms with Crippen molar-refractivity contribution in [3.63, 3.8) is 0 Å². The number of aliphatic carboxylic acids is 1. The molecule has 0 aliphatic heterocycles. The molecular formula is C21H24N2O4. The van der Waals surface area contributed by atoms with Gasteiger partial charge < -0.3 is 20.9 Å². The van der Waals surface area contributed by atoms with Gasteiger partial charge in [-0.3, -0.25) is 4.79 Å². The third-order valence-corrected chi connectivity index (χ3v) is 4.97. The van der Waals surface area contributed by atoms with Gasteiger partial charge in [0.2, 0.25) is 0 Å². The highest BCUT2D eigenvalue weighted by Crippen LogP contribution is 2.44. The monoisotopic (exact) mass is 368 g/mol. The fourth-order valence-electron chi connectivity index (χ4n) is 3.59. The van der Waals surface area contributed by atoms with E-state index in [2.05, 4.69) is 29.6 Å². The van der Waals surface area contributed by atoms with E-state index in [-0.39, 0.29) is 19.1 Å². The predicted molar refractivity (Wildman–Crippen MR) is 102 cm³/mol. The molecule has 1 aliphatic carbocycles. The van der Waals surface area contributed by atoms with E-state index in [1.807, 2.05) is 24.3 Å². The Hall–Kier alpha value is -2.86. The van der Waals surface area contributed by atoms with Crippen LogP contribution in [0.5, 0.6) is 0 Å². The van der Waals surface area contributed by atoms with Crippen molar-refractivity contribution in [2.24, 2.45) is 11.7 Å². The summed E-state index contributed by atoms with van der Waals surface area (Å²) in [5.74, 6) is -1.44. The molecule has 1 unspecified atom stereocenters. The number of ether oxygens (including phenoxy) is 1. The molecule has 0 heterocycles. The molecule has 2 aromatic carbocycles. The van der Waals surface area contributed by atoms with Crippen LogP contribution in [0.4, 0.5) is 4.79 Å². The van der Waals surface area contributed by atoms with Crippen LogP contribution in [0.3, 0.4) is 0 Å². The molecular weight excluding hydrogens is 344 g/mol. The Kier molecular flexibility index (Phi) is 6.08. The Bertz CT molecular complexity index is 776. The Morgan fingerprint density at radius 1 is 1.04 bits per heavy atom. The molecule has 0 fully saturated rings. The third kappa shape index (κ3) is 4.28. The van der Waals surface area contributed by atoms with Crippen molar-refractivity contribution in [2.75, 3.05) is 19.7 Å². The van der Waals surface area contributed by atoms with Crippen LogP contribution in [0.15, 0.2) is 48.5 Å². The van der Waals surface area contributed by atoms with Crippen LogP contribution in [0, 0.1) is 5.92 Å². The number of hydrogen-bond donors (Lipinski definition) is 3. The molecule has 4 N–H and O–H groups in total. The summed E-state index contributed by atoms with van der Waals surface area (Å²) in [6, 6.07) is 16.3. The van der Waals surface area contributed by atoms with E-state index >= 15 is 0 Å². The SMILES string of the molecule is NCCC(CCNC(=O)OCC1c2ccccc2-c2ccccc21)C(=O)O. The maximum atomic E-state index is 12.0. The Morgan fingerprint density at radius 3 is 2.19 bits per heavy atom. The topological polar surface area (TPSA) is 102 Å². The zero-order chi connectivity index (χ0) is 19.2. The second kappa shape index (κ2) is 8.68. The number of carbonyl (C=O) groups is 2. The van der Waals surface area contributed by atoms with Gasteiger partial charge in [0.15, 0.2) is 0 Å². The molecule has 6 heteroatoms. The lowest BCUT2D eigenvalue weighted by molar-refractivity contribution is -0.142. The number of alkyl carbamates (subject to hydrolysis) is 1. The zero-order valence-electron chi connectivity index (χ0n) is 15.1. The maximum absolute atomic E-state index is 12.0. The van der Waals surface area contributed by atoms with Crippen molar-refractivity contribution in [3.05, 3.63) is 59.7 Å². The van der Waals surface area contributed by atoms with Crippen LogP contribution >= 0.6 is 0 Å². The molecule has 0 radical (unpaired) electrons. The number of benzene rings is 2. The van der Waals surface area contributed by atoms with Gasteiger partial charge in [0.05, 0.1) is 5.92 Å². The van der Waals surface area contributed by atoms with Crippen LogP contribution in [0.1, 0.15) is 29.9 Å². The second-order valence-electron chi connectivity index (χ2n) is 6.65. The van der Waals surface area contributed by atoms with E-state index in [0.717, 1.165) is 11.1 Å². The molecule has 0 aromatic heterocycles. The van der Waals surface area contributed by atoms with Crippen LogP contribution < -0.4 is 11.1 Å². The molecule has 2 aromatic rings. The smallest absolute Gasteiger partial charge is 0.407 e. The second-order valence-corrected chi connectivity index (χ2v) is 6.65. The molecule has 1 aliphatic rings. The molecule has 27 heavy (non-hydrogen) atoms. The molecule has 0 saturated carbocycles. The lowest BCUT2D eigenvalue weighted by Gasteiger charge is -2.15. The van der Waals surface area contributed by atoms with Gasteiger partial charge in [-0.15, -0.1) is 0 Å². The van der Waals surface area contributed by atoms with Gasteiger partial charge in [0.25, 0.3) is 0 Å². The first-order valence-corrected chi connectivity index (χ1v) is 9.13. The van der Waals surface area contributed by atoms with Gasteiger partial charge >= 0.3 is 12.1 Å². The molecule has 1 amide bonds. The van der Waals surface area contributed by atoms with Crippen molar-refractivity contribution < 1.29 is 19.4 Å². The fourth-order valence-corrected chi connectivity index (χ4v) is 3.59. The number of fused-ring (bicyclic) bond motifs is 3. The van der Waals surface area contributed by atoms with E-state index in [0.29, 0.717) is 19.4 Å². The molecule has 0 spiro atoms. The lowest BCUT2D eigenvalue weighted by atomic mass is 9.98. The Morgan fingerprint density at radius 2 is 1.63 bits per heavy atom. The number of hydrogen-bond acceptors (Lipinski definition) is 4. The predicted octanol–water partition coefficient (Wildman–Crippen LogP) is 2.96. The average molecular weight is 368 g/mol. The summed E-state index contributed by atoms with van der Waals surface area (Å²) in [6.07, 6.45) is 0.187. The van der Waals surface area contributed by atoms with Crippen molar-refractivity contribution in [1.29, 1.82) is 0 Å². The molecule has 0 bridgehead atoms. The van der Waals surface area contributed by atoms with E-state index < -0.39 is 18.0 Å². The highest BCUT2D eigenvalue weighted by Gasteiger charge is 2.29. The number of rotatable bonds is 8. The highest BCUT2D eigenvalue weighted by atomic mass is 16.5. The molecule has 3 rings (SSSR count). The average Bonchev–Trinajstić information content (AvgIpc) is 2.99. The van der Waals surface area contributed by atoms with E-state index in [1.165, 1.54) is 11.1 Å². The minimum Gasteiger partial charge on any atom is -0.481 e. The largest absolute Gasteiger partial charge is 0.481 e. The quantitative estimate of drug-likeness (QED) is 0.665. The summed E-state index contributed by atoms with van der Waals surface area (Å²) >= 11 is 0. The summed E-state index contributed by atoms with van der Waals surface area (Å²) in [7, 11) is 0. The summed E-state index contributed by atoms with van der Waals surface area (Å²) < 4.78 is 5.42. The van der Waals surface area contributed by atoms with Gasteiger partial charge in [-0.25, -0.2) is 4.79 Å². The van der Waals surface area contributed by atoms with E-state index in [4.69, 9.17) is 15.6 Å². The van der Waals surface area contributed by atoms with Crippen LogP contribution in [0.25, 0.3) is 11.1 Å². The molecule has 1 atom stereocenters. The van der Waals surface area contributed by atoms with Crippen molar-refractivity contribution >= 4 is 12.1 Å². The lowest BCUT2D eigenvalue weighted by Crippen LogP contribution is -2.30. The van der Waals surface area contributed by atoms with Crippen molar-refractivity contribution in [1.82, 2.24) is 5.32 Å². The van der Waals surface area contributed by atoms with Gasteiger partial charge in [0.1, 0.15) is 6.61 Å². The minimum absolute atomic E-state index is 0.00663.